The zero-order chi connectivity index (χ0) is 13.8. The van der Waals surface area contributed by atoms with Gasteiger partial charge in [-0.25, -0.2) is 4.68 Å². The Kier molecular flexibility index (Phi) is 4.16. The maximum atomic E-state index is 10.6. The molecular formula is C17H22N2O. The first-order valence-electron chi connectivity index (χ1n) is 7.62. The zero-order valence-corrected chi connectivity index (χ0v) is 11.8. The fourth-order valence-electron chi connectivity index (χ4n) is 3.11. The van der Waals surface area contributed by atoms with Gasteiger partial charge in [0.15, 0.2) is 0 Å². The third-order valence-corrected chi connectivity index (χ3v) is 4.31. The molecule has 106 valence electrons. The Morgan fingerprint density at radius 3 is 2.45 bits per heavy atom. The lowest BCUT2D eigenvalue weighted by Crippen LogP contribution is -2.11. The van der Waals surface area contributed by atoms with Crippen molar-refractivity contribution < 1.29 is 5.11 Å². The molecule has 1 saturated carbocycles. The van der Waals surface area contributed by atoms with E-state index in [0.717, 1.165) is 24.1 Å². The van der Waals surface area contributed by atoms with Crippen LogP contribution in [0.4, 0.5) is 0 Å². The second-order valence-corrected chi connectivity index (χ2v) is 5.75. The van der Waals surface area contributed by atoms with Gasteiger partial charge in [-0.15, -0.1) is 0 Å². The van der Waals surface area contributed by atoms with Gasteiger partial charge in [-0.05, 0) is 30.9 Å². The Balaban J connectivity index is 1.75. The Hall–Kier alpha value is -1.61. The molecule has 1 N–H and O–H groups in total. The third-order valence-electron chi connectivity index (χ3n) is 4.31. The number of rotatable bonds is 3. The molecule has 1 aromatic heterocycles. The van der Waals surface area contributed by atoms with Crippen LogP contribution in [0.1, 0.15) is 50.2 Å². The minimum absolute atomic E-state index is 0.370. The third kappa shape index (κ3) is 2.93. The Labute approximate surface area is 120 Å². The zero-order valence-electron chi connectivity index (χ0n) is 11.8. The molecule has 1 fully saturated rings. The van der Waals surface area contributed by atoms with Crippen molar-refractivity contribution in [2.45, 2.75) is 44.6 Å². The summed E-state index contributed by atoms with van der Waals surface area (Å²) in [7, 11) is 0. The van der Waals surface area contributed by atoms with Crippen molar-refractivity contribution >= 4 is 0 Å². The van der Waals surface area contributed by atoms with Crippen LogP contribution in [0.3, 0.4) is 0 Å². The van der Waals surface area contributed by atoms with Crippen LogP contribution < -0.4 is 0 Å². The van der Waals surface area contributed by atoms with Crippen molar-refractivity contribution in [3.05, 3.63) is 48.3 Å². The Morgan fingerprint density at radius 2 is 1.75 bits per heavy atom. The van der Waals surface area contributed by atoms with E-state index in [1.165, 1.54) is 25.7 Å². The number of hydrogen-bond acceptors (Lipinski definition) is 2. The molecule has 0 radical (unpaired) electrons. The first kappa shape index (κ1) is 13.4. The lowest BCUT2D eigenvalue weighted by molar-refractivity contribution is 0.0988. The second kappa shape index (κ2) is 6.23. The summed E-state index contributed by atoms with van der Waals surface area (Å²) in [6.07, 6.45) is 10.8. The molecule has 0 saturated heterocycles. The van der Waals surface area contributed by atoms with Crippen molar-refractivity contribution in [1.29, 1.82) is 0 Å². The highest BCUT2D eigenvalue weighted by atomic mass is 16.3. The first-order valence-corrected chi connectivity index (χ1v) is 7.62. The Morgan fingerprint density at radius 1 is 1.05 bits per heavy atom. The highest BCUT2D eigenvalue weighted by Crippen LogP contribution is 2.33. The minimum atomic E-state index is -0.370. The molecule has 3 heteroatoms. The van der Waals surface area contributed by atoms with E-state index >= 15 is 0 Å². The molecule has 0 bridgehead atoms. The minimum Gasteiger partial charge on any atom is -0.388 e. The highest BCUT2D eigenvalue weighted by molar-refractivity contribution is 5.31. The van der Waals surface area contributed by atoms with E-state index < -0.39 is 0 Å². The standard InChI is InChI=1S/C17H22N2O/c20-17(14-8-4-1-2-5-9-14)15-12-18-19(13-15)16-10-6-3-7-11-16/h3,6-7,10-14,17,20H,1-2,4-5,8-9H2. The predicted molar refractivity (Wildman–Crippen MR) is 79.7 cm³/mol. The van der Waals surface area contributed by atoms with Gasteiger partial charge in [0, 0.05) is 11.8 Å². The number of hydrogen-bond donors (Lipinski definition) is 1. The van der Waals surface area contributed by atoms with Crippen molar-refractivity contribution in [2.24, 2.45) is 5.92 Å². The average molecular weight is 270 g/mol. The summed E-state index contributed by atoms with van der Waals surface area (Å²) in [6.45, 7) is 0. The normalized spacial score (nSPS) is 18.6. The van der Waals surface area contributed by atoms with Crippen molar-refractivity contribution in [3.63, 3.8) is 0 Å². The van der Waals surface area contributed by atoms with Crippen LogP contribution in [0.2, 0.25) is 0 Å². The molecule has 2 aromatic rings. The number of aliphatic hydroxyl groups is 1. The van der Waals surface area contributed by atoms with Crippen LogP contribution in [0.15, 0.2) is 42.7 Å². The van der Waals surface area contributed by atoms with Crippen molar-refractivity contribution in [1.82, 2.24) is 9.78 Å². The van der Waals surface area contributed by atoms with Crippen LogP contribution in [0.5, 0.6) is 0 Å². The molecule has 0 spiro atoms. The number of benzene rings is 1. The SMILES string of the molecule is OC(c1cnn(-c2ccccc2)c1)C1CCCCCC1. The molecule has 3 nitrogen and oxygen atoms in total. The number of para-hydroxylation sites is 1. The van der Waals surface area contributed by atoms with E-state index in [1.807, 2.05) is 47.4 Å². The molecule has 1 aliphatic rings. The summed E-state index contributed by atoms with van der Waals surface area (Å²) in [4.78, 5) is 0. The van der Waals surface area contributed by atoms with Crippen molar-refractivity contribution in [3.8, 4) is 5.69 Å². The molecular weight excluding hydrogens is 248 g/mol. The van der Waals surface area contributed by atoms with Crippen LogP contribution in [0.25, 0.3) is 5.69 Å². The van der Waals surface area contributed by atoms with Gasteiger partial charge in [-0.2, -0.15) is 5.10 Å². The van der Waals surface area contributed by atoms with Gasteiger partial charge in [0.1, 0.15) is 0 Å². The number of aromatic nitrogens is 2. The lowest BCUT2D eigenvalue weighted by Gasteiger charge is -2.19. The van der Waals surface area contributed by atoms with E-state index in [1.54, 1.807) is 0 Å². The van der Waals surface area contributed by atoms with Gasteiger partial charge in [0.05, 0.1) is 18.0 Å². The predicted octanol–water partition coefficient (Wildman–Crippen LogP) is 3.88. The first-order chi connectivity index (χ1) is 9.84. The smallest absolute Gasteiger partial charge is 0.0848 e. The highest BCUT2D eigenvalue weighted by Gasteiger charge is 2.23. The summed E-state index contributed by atoms with van der Waals surface area (Å²) in [5.74, 6) is 0.394. The van der Waals surface area contributed by atoms with Gasteiger partial charge in [0.2, 0.25) is 0 Å². The molecule has 1 aromatic carbocycles. The summed E-state index contributed by atoms with van der Waals surface area (Å²) in [5.41, 5.74) is 1.98. The van der Waals surface area contributed by atoms with E-state index in [4.69, 9.17) is 0 Å². The molecule has 1 aliphatic carbocycles. The maximum Gasteiger partial charge on any atom is 0.0848 e. The van der Waals surface area contributed by atoms with Crippen LogP contribution >= 0.6 is 0 Å². The summed E-state index contributed by atoms with van der Waals surface area (Å²) in [5, 5.41) is 15.0. The molecule has 1 heterocycles. The van der Waals surface area contributed by atoms with Gasteiger partial charge in [0.25, 0.3) is 0 Å². The topological polar surface area (TPSA) is 38.1 Å². The van der Waals surface area contributed by atoms with Crippen LogP contribution in [-0.4, -0.2) is 14.9 Å². The van der Waals surface area contributed by atoms with Gasteiger partial charge >= 0.3 is 0 Å². The van der Waals surface area contributed by atoms with Crippen LogP contribution in [-0.2, 0) is 0 Å². The summed E-state index contributed by atoms with van der Waals surface area (Å²) in [6, 6.07) is 10.0. The quantitative estimate of drug-likeness (QED) is 0.860. The Bertz CT molecular complexity index is 527. The molecule has 3 rings (SSSR count). The fourth-order valence-corrected chi connectivity index (χ4v) is 3.11. The molecule has 0 amide bonds. The molecule has 0 aliphatic heterocycles. The monoisotopic (exact) mass is 270 g/mol. The van der Waals surface area contributed by atoms with E-state index in [9.17, 15) is 5.11 Å². The largest absolute Gasteiger partial charge is 0.388 e. The van der Waals surface area contributed by atoms with E-state index in [0.29, 0.717) is 5.92 Å². The summed E-state index contributed by atoms with van der Waals surface area (Å²) >= 11 is 0. The van der Waals surface area contributed by atoms with Gasteiger partial charge in [-0.3, -0.25) is 0 Å². The van der Waals surface area contributed by atoms with E-state index in [2.05, 4.69) is 5.10 Å². The van der Waals surface area contributed by atoms with Crippen molar-refractivity contribution in [2.75, 3.05) is 0 Å². The summed E-state index contributed by atoms with van der Waals surface area (Å²) < 4.78 is 1.84. The average Bonchev–Trinajstić information content (AvgIpc) is 2.83. The number of nitrogens with zero attached hydrogens (tertiary/aromatic N) is 2. The second-order valence-electron chi connectivity index (χ2n) is 5.75. The molecule has 20 heavy (non-hydrogen) atoms. The maximum absolute atomic E-state index is 10.6. The van der Waals surface area contributed by atoms with E-state index in [-0.39, 0.29) is 6.10 Å². The number of aliphatic hydroxyl groups excluding tert-OH is 1. The van der Waals surface area contributed by atoms with Crippen LogP contribution in [0, 0.1) is 5.92 Å². The lowest BCUT2D eigenvalue weighted by atomic mass is 9.91. The van der Waals surface area contributed by atoms with Gasteiger partial charge < -0.3 is 5.11 Å². The van der Waals surface area contributed by atoms with Gasteiger partial charge in [-0.1, -0.05) is 43.9 Å². The molecule has 1 atom stereocenters. The molecule has 1 unspecified atom stereocenters. The fraction of sp³-hybridized carbons (Fsp3) is 0.471.